The zero-order valence-corrected chi connectivity index (χ0v) is 10.7. The van der Waals surface area contributed by atoms with Gasteiger partial charge in [-0.05, 0) is 25.1 Å². The third kappa shape index (κ3) is 2.08. The molecule has 0 aliphatic rings. The minimum absolute atomic E-state index is 0.332. The first-order valence-corrected chi connectivity index (χ1v) is 5.69. The van der Waals surface area contributed by atoms with Crippen molar-refractivity contribution in [1.29, 1.82) is 0 Å². The Kier molecular flexibility index (Phi) is 3.21. The molecule has 0 radical (unpaired) electrons. The molecule has 0 unspecified atom stereocenters. The molecule has 16 heavy (non-hydrogen) atoms. The predicted octanol–water partition coefficient (Wildman–Crippen LogP) is 4.01. The van der Waals surface area contributed by atoms with Gasteiger partial charge >= 0.3 is 0 Å². The van der Waals surface area contributed by atoms with Crippen molar-refractivity contribution in [3.8, 4) is 11.3 Å². The zero-order valence-electron chi connectivity index (χ0n) is 8.34. The quantitative estimate of drug-likeness (QED) is 0.744. The summed E-state index contributed by atoms with van der Waals surface area (Å²) in [5, 5.41) is 0.337. The van der Waals surface area contributed by atoms with Crippen LogP contribution in [0.3, 0.4) is 0 Å². The van der Waals surface area contributed by atoms with Crippen molar-refractivity contribution in [3.63, 3.8) is 0 Å². The fourth-order valence-electron chi connectivity index (χ4n) is 1.38. The Balaban J connectivity index is 2.67. The van der Waals surface area contributed by atoms with Gasteiger partial charge in [0.05, 0.1) is 5.69 Å². The van der Waals surface area contributed by atoms with Crippen molar-refractivity contribution in [2.24, 2.45) is 0 Å². The van der Waals surface area contributed by atoms with Gasteiger partial charge in [0.25, 0.3) is 0 Å². The zero-order chi connectivity index (χ0) is 11.7. The third-order valence-corrected chi connectivity index (χ3v) is 3.08. The number of halogens is 3. The number of aromatic nitrogens is 2. The molecule has 0 bridgehead atoms. The van der Waals surface area contributed by atoms with Crippen LogP contribution >= 0.6 is 27.5 Å². The molecule has 0 aliphatic heterocycles. The van der Waals surface area contributed by atoms with E-state index < -0.39 is 0 Å². The van der Waals surface area contributed by atoms with Gasteiger partial charge in [0.15, 0.2) is 0 Å². The molecular weight excluding hydrogens is 294 g/mol. The highest BCUT2D eigenvalue weighted by Gasteiger charge is 2.12. The lowest BCUT2D eigenvalue weighted by Gasteiger charge is -2.07. The van der Waals surface area contributed by atoms with E-state index in [4.69, 9.17) is 11.6 Å². The molecule has 0 saturated heterocycles. The number of benzene rings is 1. The van der Waals surface area contributed by atoms with E-state index in [1.165, 1.54) is 12.4 Å². The van der Waals surface area contributed by atoms with Gasteiger partial charge in [0, 0.05) is 15.6 Å². The highest BCUT2D eigenvalue weighted by molar-refractivity contribution is 9.10. The van der Waals surface area contributed by atoms with Crippen LogP contribution in [-0.4, -0.2) is 9.97 Å². The van der Waals surface area contributed by atoms with E-state index in [1.54, 1.807) is 19.1 Å². The Bertz CT molecular complexity index is 546. The van der Waals surface area contributed by atoms with Gasteiger partial charge in [-0.2, -0.15) is 0 Å². The maximum Gasteiger partial charge on any atom is 0.135 e. The molecule has 2 rings (SSSR count). The molecular formula is C11H7BrClFN2. The van der Waals surface area contributed by atoms with Gasteiger partial charge < -0.3 is 0 Å². The summed E-state index contributed by atoms with van der Waals surface area (Å²) in [6.45, 7) is 1.76. The second-order valence-electron chi connectivity index (χ2n) is 3.26. The van der Waals surface area contributed by atoms with Crippen molar-refractivity contribution in [2.75, 3.05) is 0 Å². The first kappa shape index (κ1) is 11.5. The molecule has 2 nitrogen and oxygen atoms in total. The van der Waals surface area contributed by atoms with Crippen molar-refractivity contribution < 1.29 is 4.39 Å². The lowest BCUT2D eigenvalue weighted by atomic mass is 10.1. The average Bonchev–Trinajstić information content (AvgIpc) is 2.26. The second-order valence-corrected chi connectivity index (χ2v) is 4.54. The summed E-state index contributed by atoms with van der Waals surface area (Å²) in [6, 6.07) is 4.69. The summed E-state index contributed by atoms with van der Waals surface area (Å²) < 4.78 is 14.4. The Morgan fingerprint density at radius 2 is 2.06 bits per heavy atom. The van der Waals surface area contributed by atoms with E-state index in [2.05, 4.69) is 25.9 Å². The van der Waals surface area contributed by atoms with Crippen LogP contribution in [0.5, 0.6) is 0 Å². The maximum atomic E-state index is 13.6. The lowest BCUT2D eigenvalue weighted by molar-refractivity contribution is 0.630. The summed E-state index contributed by atoms with van der Waals surface area (Å²) >= 11 is 9.16. The number of nitrogens with zero attached hydrogens (tertiary/aromatic N) is 2. The fourth-order valence-corrected chi connectivity index (χ4v) is 1.87. The number of hydrogen-bond donors (Lipinski definition) is 0. The van der Waals surface area contributed by atoms with Gasteiger partial charge in [-0.3, -0.25) is 0 Å². The van der Waals surface area contributed by atoms with E-state index in [-0.39, 0.29) is 5.82 Å². The fraction of sp³-hybridized carbons (Fsp3) is 0.0909. The molecule has 0 N–H and O–H groups in total. The molecule has 0 amide bonds. The van der Waals surface area contributed by atoms with E-state index in [0.29, 0.717) is 22.0 Å². The molecule has 82 valence electrons. The monoisotopic (exact) mass is 300 g/mol. The standard InChI is InChI=1S/C11H7BrClFN2/c1-6-10(15-5-16-11(6)13)8-4-7(12)2-3-9(8)14/h2-5H,1H3. The summed E-state index contributed by atoms with van der Waals surface area (Å²) in [6.07, 6.45) is 1.32. The SMILES string of the molecule is Cc1c(Cl)ncnc1-c1cc(Br)ccc1F. The molecule has 5 heteroatoms. The Hall–Kier alpha value is -1.00. The highest BCUT2D eigenvalue weighted by Crippen LogP contribution is 2.28. The van der Waals surface area contributed by atoms with Crippen LogP contribution in [0.15, 0.2) is 29.0 Å². The molecule has 0 saturated carbocycles. The molecule has 1 aromatic carbocycles. The van der Waals surface area contributed by atoms with Gasteiger partial charge in [0.1, 0.15) is 17.3 Å². The van der Waals surface area contributed by atoms with Crippen molar-refractivity contribution in [3.05, 3.63) is 45.5 Å². The minimum Gasteiger partial charge on any atom is -0.236 e. The van der Waals surface area contributed by atoms with Gasteiger partial charge in [-0.25, -0.2) is 14.4 Å². The molecule has 1 aromatic heterocycles. The molecule has 0 atom stereocenters. The topological polar surface area (TPSA) is 25.8 Å². The lowest BCUT2D eigenvalue weighted by Crippen LogP contribution is -1.94. The molecule has 0 fully saturated rings. The summed E-state index contributed by atoms with van der Waals surface area (Å²) in [7, 11) is 0. The Labute approximate surface area is 106 Å². The van der Waals surface area contributed by atoms with Crippen LogP contribution in [0.4, 0.5) is 4.39 Å². The van der Waals surface area contributed by atoms with Crippen LogP contribution in [0.1, 0.15) is 5.56 Å². The van der Waals surface area contributed by atoms with E-state index in [1.807, 2.05) is 0 Å². The summed E-state index contributed by atoms with van der Waals surface area (Å²) in [5.41, 5.74) is 1.59. The van der Waals surface area contributed by atoms with Crippen LogP contribution in [0.2, 0.25) is 5.15 Å². The summed E-state index contributed by atoms with van der Waals surface area (Å²) in [4.78, 5) is 7.89. The van der Waals surface area contributed by atoms with E-state index in [0.717, 1.165) is 4.47 Å². The normalized spacial score (nSPS) is 10.5. The van der Waals surface area contributed by atoms with Crippen molar-refractivity contribution in [1.82, 2.24) is 9.97 Å². The van der Waals surface area contributed by atoms with Crippen LogP contribution < -0.4 is 0 Å². The van der Waals surface area contributed by atoms with Crippen LogP contribution in [-0.2, 0) is 0 Å². The largest absolute Gasteiger partial charge is 0.236 e. The van der Waals surface area contributed by atoms with Gasteiger partial charge in [-0.1, -0.05) is 27.5 Å². The first-order valence-electron chi connectivity index (χ1n) is 4.52. The highest BCUT2D eigenvalue weighted by atomic mass is 79.9. The smallest absolute Gasteiger partial charge is 0.135 e. The molecule has 0 aliphatic carbocycles. The average molecular weight is 302 g/mol. The van der Waals surface area contributed by atoms with Gasteiger partial charge in [-0.15, -0.1) is 0 Å². The van der Waals surface area contributed by atoms with E-state index >= 15 is 0 Å². The Morgan fingerprint density at radius 1 is 1.31 bits per heavy atom. The minimum atomic E-state index is -0.332. The van der Waals surface area contributed by atoms with Crippen LogP contribution in [0.25, 0.3) is 11.3 Å². The Morgan fingerprint density at radius 3 is 2.81 bits per heavy atom. The predicted molar refractivity (Wildman–Crippen MR) is 64.9 cm³/mol. The van der Waals surface area contributed by atoms with Gasteiger partial charge in [0.2, 0.25) is 0 Å². The summed E-state index contributed by atoms with van der Waals surface area (Å²) in [5.74, 6) is -0.332. The number of hydrogen-bond acceptors (Lipinski definition) is 2. The molecule has 2 aromatic rings. The second kappa shape index (κ2) is 4.47. The first-order chi connectivity index (χ1) is 7.59. The maximum absolute atomic E-state index is 13.6. The van der Waals surface area contributed by atoms with Crippen molar-refractivity contribution in [2.45, 2.75) is 6.92 Å². The molecule has 1 heterocycles. The third-order valence-electron chi connectivity index (χ3n) is 2.21. The number of rotatable bonds is 1. The van der Waals surface area contributed by atoms with Crippen molar-refractivity contribution >= 4 is 27.5 Å². The molecule has 0 spiro atoms. The van der Waals surface area contributed by atoms with E-state index in [9.17, 15) is 4.39 Å². The van der Waals surface area contributed by atoms with Crippen LogP contribution in [0, 0.1) is 12.7 Å².